The first-order chi connectivity index (χ1) is 24.7. The topological polar surface area (TPSA) is 0 Å². The molecule has 50 heavy (non-hydrogen) atoms. The van der Waals surface area contributed by atoms with Gasteiger partial charge in [0.15, 0.2) is 0 Å². The molecule has 0 amide bonds. The lowest BCUT2D eigenvalue weighted by molar-refractivity contribution is 1.32. The Morgan fingerprint density at radius 1 is 0.320 bits per heavy atom. The molecule has 0 saturated heterocycles. The van der Waals surface area contributed by atoms with Crippen LogP contribution in [0.1, 0.15) is 33.4 Å². The maximum atomic E-state index is 2.63. The SMILES string of the molecule is C[Si](C1=C(c2ccc(-c3ccccc3)cc2)Cc2ccccc21)(C1=C(c2ccc(-c3ccccc3)cc2)Cc2ccccc21)c1ccccc1. The van der Waals surface area contributed by atoms with Gasteiger partial charge in [-0.15, -0.1) is 0 Å². The van der Waals surface area contributed by atoms with Gasteiger partial charge in [0.1, 0.15) is 8.07 Å². The highest BCUT2D eigenvalue weighted by molar-refractivity contribution is 7.19. The van der Waals surface area contributed by atoms with E-state index in [1.54, 1.807) is 10.4 Å². The van der Waals surface area contributed by atoms with Crippen LogP contribution in [0.5, 0.6) is 0 Å². The van der Waals surface area contributed by atoms with Crippen molar-refractivity contribution < 1.29 is 0 Å². The van der Waals surface area contributed by atoms with E-state index < -0.39 is 8.07 Å². The van der Waals surface area contributed by atoms with E-state index in [9.17, 15) is 0 Å². The molecule has 1 heteroatoms. The number of rotatable bonds is 7. The molecule has 0 bridgehead atoms. The zero-order valence-corrected chi connectivity index (χ0v) is 29.3. The molecule has 0 spiro atoms. The van der Waals surface area contributed by atoms with Gasteiger partial charge in [-0.05, 0) is 95.2 Å². The summed E-state index contributed by atoms with van der Waals surface area (Å²) < 4.78 is 0. The van der Waals surface area contributed by atoms with Crippen molar-refractivity contribution in [1.82, 2.24) is 0 Å². The first-order valence-corrected chi connectivity index (χ1v) is 20.2. The third-order valence-electron chi connectivity index (χ3n) is 10.9. The summed E-state index contributed by atoms with van der Waals surface area (Å²) in [7, 11) is -2.65. The molecule has 238 valence electrons. The molecule has 0 N–H and O–H groups in total. The molecule has 0 atom stereocenters. The minimum absolute atomic E-state index is 0.946. The number of hydrogen-bond donors (Lipinski definition) is 0. The Balaban J connectivity index is 1.29. The van der Waals surface area contributed by atoms with Crippen molar-refractivity contribution in [3.05, 3.63) is 221 Å². The summed E-state index contributed by atoms with van der Waals surface area (Å²) in [4.78, 5) is 0. The third-order valence-corrected chi connectivity index (χ3v) is 15.6. The second-order valence-corrected chi connectivity index (χ2v) is 17.6. The largest absolute Gasteiger partial charge is 0.147 e. The summed E-state index contributed by atoms with van der Waals surface area (Å²) in [6.45, 7) is 2.63. The fourth-order valence-electron chi connectivity index (χ4n) is 8.53. The predicted molar refractivity (Wildman–Crippen MR) is 215 cm³/mol. The van der Waals surface area contributed by atoms with E-state index in [2.05, 4.69) is 195 Å². The van der Waals surface area contributed by atoms with E-state index in [-0.39, 0.29) is 0 Å². The molecule has 0 saturated carbocycles. The maximum Gasteiger partial charge on any atom is 0.147 e. The summed E-state index contributed by atoms with van der Waals surface area (Å²) >= 11 is 0. The summed E-state index contributed by atoms with van der Waals surface area (Å²) in [6, 6.07) is 70.0. The summed E-state index contributed by atoms with van der Waals surface area (Å²) in [5.41, 5.74) is 16.3. The number of hydrogen-bond acceptors (Lipinski definition) is 0. The first kappa shape index (κ1) is 30.3. The highest BCUT2D eigenvalue weighted by Crippen LogP contribution is 2.52. The molecule has 0 unspecified atom stereocenters. The maximum absolute atomic E-state index is 2.65. The molecular formula is C49H38Si. The molecule has 7 aromatic carbocycles. The fraction of sp³-hybridized carbons (Fsp3) is 0.0612. The molecule has 7 aromatic rings. The number of fused-ring (bicyclic) bond motifs is 2. The van der Waals surface area contributed by atoms with Crippen LogP contribution in [-0.4, -0.2) is 8.07 Å². The highest BCUT2D eigenvalue weighted by atomic mass is 28.3. The minimum atomic E-state index is -2.65. The molecule has 0 aliphatic heterocycles. The second kappa shape index (κ2) is 12.6. The summed E-state index contributed by atoms with van der Waals surface area (Å²) in [6.07, 6.45) is 1.89. The highest BCUT2D eigenvalue weighted by Gasteiger charge is 2.47. The van der Waals surface area contributed by atoms with E-state index in [4.69, 9.17) is 0 Å². The molecular weight excluding hydrogens is 617 g/mol. The smallest absolute Gasteiger partial charge is 0.0624 e. The van der Waals surface area contributed by atoms with E-state index in [0.29, 0.717) is 0 Å². The first-order valence-electron chi connectivity index (χ1n) is 17.7. The monoisotopic (exact) mass is 654 g/mol. The number of benzene rings is 7. The van der Waals surface area contributed by atoms with Gasteiger partial charge < -0.3 is 0 Å². The summed E-state index contributed by atoms with van der Waals surface area (Å²) in [5, 5.41) is 4.56. The second-order valence-electron chi connectivity index (χ2n) is 13.8. The Hall–Kier alpha value is -5.76. The summed E-state index contributed by atoms with van der Waals surface area (Å²) in [5.74, 6) is 0. The van der Waals surface area contributed by atoms with Gasteiger partial charge in [0.05, 0.1) is 0 Å². The Labute approximate surface area is 296 Å². The Morgan fingerprint density at radius 3 is 1.06 bits per heavy atom. The van der Waals surface area contributed by atoms with Crippen LogP contribution in [0.2, 0.25) is 6.55 Å². The van der Waals surface area contributed by atoms with E-state index >= 15 is 0 Å². The van der Waals surface area contributed by atoms with Crippen molar-refractivity contribution in [2.75, 3.05) is 0 Å². The lowest BCUT2D eigenvalue weighted by Gasteiger charge is -2.35. The Morgan fingerprint density at radius 2 is 0.640 bits per heavy atom. The van der Waals surface area contributed by atoms with Crippen molar-refractivity contribution in [2.24, 2.45) is 0 Å². The lowest BCUT2D eigenvalue weighted by Crippen LogP contribution is -2.48. The van der Waals surface area contributed by atoms with Gasteiger partial charge in [-0.25, -0.2) is 0 Å². The average molecular weight is 655 g/mol. The zero-order chi connectivity index (χ0) is 33.5. The van der Waals surface area contributed by atoms with Crippen LogP contribution in [0.3, 0.4) is 0 Å². The van der Waals surface area contributed by atoms with Crippen LogP contribution in [0, 0.1) is 0 Å². The Kier molecular flexibility index (Phi) is 7.64. The quantitative estimate of drug-likeness (QED) is 0.150. The molecule has 0 nitrogen and oxygen atoms in total. The Bertz CT molecular complexity index is 2230. The predicted octanol–water partition coefficient (Wildman–Crippen LogP) is 11.7. The van der Waals surface area contributed by atoms with Crippen molar-refractivity contribution >= 4 is 34.8 Å². The van der Waals surface area contributed by atoms with Crippen molar-refractivity contribution in [3.63, 3.8) is 0 Å². The van der Waals surface area contributed by atoms with E-state index in [0.717, 1.165) is 12.8 Å². The van der Waals surface area contributed by atoms with Crippen molar-refractivity contribution in [2.45, 2.75) is 19.4 Å². The van der Waals surface area contributed by atoms with Crippen LogP contribution in [0.15, 0.2) is 188 Å². The van der Waals surface area contributed by atoms with E-state index in [1.165, 1.54) is 72.0 Å². The van der Waals surface area contributed by atoms with Gasteiger partial charge >= 0.3 is 0 Å². The average Bonchev–Trinajstić information content (AvgIpc) is 3.79. The normalized spacial score (nSPS) is 13.8. The third kappa shape index (κ3) is 5.14. The van der Waals surface area contributed by atoms with Gasteiger partial charge in [0.2, 0.25) is 0 Å². The lowest BCUT2D eigenvalue weighted by atomic mass is 9.99. The minimum Gasteiger partial charge on any atom is -0.0624 e. The van der Waals surface area contributed by atoms with Gasteiger partial charge in [0.25, 0.3) is 0 Å². The van der Waals surface area contributed by atoms with Crippen LogP contribution >= 0.6 is 0 Å². The van der Waals surface area contributed by atoms with Crippen molar-refractivity contribution in [1.29, 1.82) is 0 Å². The molecule has 0 aromatic heterocycles. The van der Waals surface area contributed by atoms with Crippen LogP contribution < -0.4 is 5.19 Å². The van der Waals surface area contributed by atoms with Gasteiger partial charge in [-0.1, -0.05) is 195 Å². The van der Waals surface area contributed by atoms with Crippen LogP contribution in [0.25, 0.3) is 43.8 Å². The van der Waals surface area contributed by atoms with Gasteiger partial charge in [-0.2, -0.15) is 0 Å². The van der Waals surface area contributed by atoms with Crippen molar-refractivity contribution in [3.8, 4) is 22.3 Å². The van der Waals surface area contributed by atoms with Crippen LogP contribution in [0.4, 0.5) is 0 Å². The van der Waals surface area contributed by atoms with Gasteiger partial charge in [-0.3, -0.25) is 0 Å². The molecule has 0 radical (unpaired) electrons. The molecule has 0 heterocycles. The molecule has 2 aliphatic rings. The zero-order valence-electron chi connectivity index (χ0n) is 28.3. The van der Waals surface area contributed by atoms with Crippen LogP contribution in [-0.2, 0) is 12.8 Å². The molecule has 0 fully saturated rings. The molecule has 2 aliphatic carbocycles. The molecule has 9 rings (SSSR count). The fourth-order valence-corrected chi connectivity index (χ4v) is 13.5. The number of allylic oxidation sites excluding steroid dienone is 2. The van der Waals surface area contributed by atoms with E-state index in [1.807, 2.05) is 0 Å². The standard InChI is InChI=1S/C49H38Si/c1-50(43-21-9-4-10-22-43,48-44-23-13-11-19-41(44)33-46(48)39-29-25-37(26-30-39)35-15-5-2-6-16-35)49-45-24-14-12-20-42(45)34-47(49)40-31-27-38(28-32-40)36-17-7-3-8-18-36/h2-32H,33-34H2,1H3. The van der Waals surface area contributed by atoms with Gasteiger partial charge in [0, 0.05) is 0 Å².